The summed E-state index contributed by atoms with van der Waals surface area (Å²) in [7, 11) is 1.28. The van der Waals surface area contributed by atoms with Gasteiger partial charge in [0.1, 0.15) is 0 Å². The summed E-state index contributed by atoms with van der Waals surface area (Å²) in [5, 5.41) is 8.78. The number of nitrogens with zero attached hydrogens (tertiary/aromatic N) is 1. The Hall–Kier alpha value is -1.52. The first kappa shape index (κ1) is 10.6. The van der Waals surface area contributed by atoms with Crippen LogP contribution in [0.1, 0.15) is 6.92 Å². The van der Waals surface area contributed by atoms with E-state index >= 15 is 0 Å². The second-order valence-electron chi connectivity index (χ2n) is 3.32. The number of hydrogen-bond donors (Lipinski definition) is 1. The third-order valence-corrected chi connectivity index (χ3v) is 2.06. The maximum absolute atomic E-state index is 11.2. The van der Waals surface area contributed by atoms with E-state index in [2.05, 4.69) is 4.74 Å². The standard InChI is InChI=1S/C9H13NO4/c1-6-3-7(8(11)12)5-10(4-6)9(13)14-2/h3,6H,4-5H2,1-2H3,(H,11,12). The summed E-state index contributed by atoms with van der Waals surface area (Å²) in [6.45, 7) is 2.48. The molecule has 5 nitrogen and oxygen atoms in total. The maximum Gasteiger partial charge on any atom is 0.409 e. The van der Waals surface area contributed by atoms with Gasteiger partial charge in [0, 0.05) is 6.54 Å². The molecular weight excluding hydrogens is 186 g/mol. The monoisotopic (exact) mass is 199 g/mol. The van der Waals surface area contributed by atoms with Crippen molar-refractivity contribution in [3.8, 4) is 0 Å². The number of carbonyl (C=O) groups is 2. The zero-order chi connectivity index (χ0) is 10.7. The lowest BCUT2D eigenvalue weighted by Crippen LogP contribution is -2.40. The van der Waals surface area contributed by atoms with Crippen LogP contribution >= 0.6 is 0 Å². The summed E-state index contributed by atoms with van der Waals surface area (Å²) in [5.41, 5.74) is 0.245. The molecule has 0 fully saturated rings. The molecule has 0 aromatic carbocycles. The summed E-state index contributed by atoms with van der Waals surface area (Å²) < 4.78 is 4.53. The number of ether oxygens (including phenoxy) is 1. The Kier molecular flexibility index (Phi) is 3.11. The quantitative estimate of drug-likeness (QED) is 0.675. The van der Waals surface area contributed by atoms with Crippen LogP contribution in [0.25, 0.3) is 0 Å². The highest BCUT2D eigenvalue weighted by Crippen LogP contribution is 2.15. The lowest BCUT2D eigenvalue weighted by molar-refractivity contribution is -0.133. The van der Waals surface area contributed by atoms with Gasteiger partial charge in [0.2, 0.25) is 0 Å². The second kappa shape index (κ2) is 4.13. The fourth-order valence-electron chi connectivity index (χ4n) is 1.47. The predicted octanol–water partition coefficient (Wildman–Crippen LogP) is 0.716. The molecule has 1 rings (SSSR count). The Morgan fingerprint density at radius 2 is 2.29 bits per heavy atom. The van der Waals surface area contributed by atoms with Gasteiger partial charge in [-0.2, -0.15) is 0 Å². The number of carboxylic acids is 1. The topological polar surface area (TPSA) is 66.8 Å². The zero-order valence-corrected chi connectivity index (χ0v) is 8.19. The van der Waals surface area contributed by atoms with E-state index in [0.717, 1.165) is 0 Å². The highest BCUT2D eigenvalue weighted by molar-refractivity contribution is 5.88. The van der Waals surface area contributed by atoms with Crippen molar-refractivity contribution in [2.75, 3.05) is 20.2 Å². The molecule has 1 aliphatic rings. The number of methoxy groups -OCH3 is 1. The minimum Gasteiger partial charge on any atom is -0.478 e. The number of rotatable bonds is 1. The van der Waals surface area contributed by atoms with Gasteiger partial charge in [0.05, 0.1) is 19.2 Å². The predicted molar refractivity (Wildman–Crippen MR) is 48.9 cm³/mol. The van der Waals surface area contributed by atoms with Gasteiger partial charge < -0.3 is 14.7 Å². The highest BCUT2D eigenvalue weighted by atomic mass is 16.5. The zero-order valence-electron chi connectivity index (χ0n) is 8.19. The maximum atomic E-state index is 11.2. The molecule has 1 aliphatic heterocycles. The Labute approximate surface area is 82.0 Å². The Morgan fingerprint density at radius 1 is 1.64 bits per heavy atom. The average Bonchev–Trinajstić information content (AvgIpc) is 2.15. The van der Waals surface area contributed by atoms with Crippen LogP contribution in [-0.4, -0.2) is 42.3 Å². The fourth-order valence-corrected chi connectivity index (χ4v) is 1.47. The Morgan fingerprint density at radius 3 is 2.79 bits per heavy atom. The first-order valence-corrected chi connectivity index (χ1v) is 4.31. The average molecular weight is 199 g/mol. The molecule has 0 saturated heterocycles. The molecule has 0 aromatic rings. The van der Waals surface area contributed by atoms with Crippen LogP contribution in [0, 0.1) is 5.92 Å². The second-order valence-corrected chi connectivity index (χ2v) is 3.32. The van der Waals surface area contributed by atoms with Crippen molar-refractivity contribution < 1.29 is 19.4 Å². The molecule has 0 saturated carbocycles. The molecule has 78 valence electrons. The molecule has 1 heterocycles. The number of hydrogen-bond acceptors (Lipinski definition) is 3. The first-order chi connectivity index (χ1) is 6.54. The summed E-state index contributed by atoms with van der Waals surface area (Å²) >= 11 is 0. The Balaban J connectivity index is 2.75. The molecule has 0 spiro atoms. The van der Waals surface area contributed by atoms with Gasteiger partial charge in [-0.25, -0.2) is 9.59 Å². The van der Waals surface area contributed by atoms with Crippen LogP contribution < -0.4 is 0 Å². The fraction of sp³-hybridized carbons (Fsp3) is 0.556. The van der Waals surface area contributed by atoms with E-state index in [9.17, 15) is 9.59 Å². The van der Waals surface area contributed by atoms with Gasteiger partial charge in [0.15, 0.2) is 0 Å². The number of aliphatic carboxylic acids is 1. The molecular formula is C9H13NO4. The molecule has 0 aliphatic carbocycles. The van der Waals surface area contributed by atoms with Crippen molar-refractivity contribution in [3.63, 3.8) is 0 Å². The van der Waals surface area contributed by atoms with Crippen LogP contribution in [0.5, 0.6) is 0 Å². The third-order valence-electron chi connectivity index (χ3n) is 2.06. The molecule has 0 radical (unpaired) electrons. The van der Waals surface area contributed by atoms with Crippen molar-refractivity contribution >= 4 is 12.1 Å². The minimum absolute atomic E-state index is 0.0500. The molecule has 0 aromatic heterocycles. The third kappa shape index (κ3) is 2.25. The van der Waals surface area contributed by atoms with E-state index < -0.39 is 12.1 Å². The largest absolute Gasteiger partial charge is 0.478 e. The molecule has 0 bridgehead atoms. The molecule has 1 atom stereocenters. The summed E-state index contributed by atoms with van der Waals surface area (Å²) in [5.74, 6) is -0.931. The summed E-state index contributed by atoms with van der Waals surface area (Å²) in [6.07, 6.45) is 1.19. The molecule has 14 heavy (non-hydrogen) atoms. The van der Waals surface area contributed by atoms with Gasteiger partial charge >= 0.3 is 12.1 Å². The van der Waals surface area contributed by atoms with Gasteiger partial charge in [-0.05, 0) is 5.92 Å². The van der Waals surface area contributed by atoms with Crippen molar-refractivity contribution in [2.24, 2.45) is 5.92 Å². The van der Waals surface area contributed by atoms with Crippen LogP contribution in [0.3, 0.4) is 0 Å². The lowest BCUT2D eigenvalue weighted by atomic mass is 10.0. The van der Waals surface area contributed by atoms with E-state index in [1.165, 1.54) is 12.0 Å². The lowest BCUT2D eigenvalue weighted by Gasteiger charge is -2.28. The van der Waals surface area contributed by atoms with Crippen molar-refractivity contribution in [2.45, 2.75) is 6.92 Å². The molecule has 5 heteroatoms. The van der Waals surface area contributed by atoms with Gasteiger partial charge in [-0.15, -0.1) is 0 Å². The smallest absolute Gasteiger partial charge is 0.409 e. The van der Waals surface area contributed by atoms with Gasteiger partial charge in [-0.1, -0.05) is 13.0 Å². The number of amides is 1. The number of carboxylic acid groups (broad SMARTS) is 1. The van der Waals surface area contributed by atoms with E-state index in [-0.39, 0.29) is 18.0 Å². The van der Waals surface area contributed by atoms with Gasteiger partial charge in [0.25, 0.3) is 0 Å². The van der Waals surface area contributed by atoms with Crippen molar-refractivity contribution in [1.29, 1.82) is 0 Å². The van der Waals surface area contributed by atoms with Crippen LogP contribution in [0.2, 0.25) is 0 Å². The van der Waals surface area contributed by atoms with Crippen LogP contribution in [-0.2, 0) is 9.53 Å². The molecule has 1 unspecified atom stereocenters. The normalized spacial score (nSPS) is 21.4. The summed E-state index contributed by atoms with van der Waals surface area (Å²) in [4.78, 5) is 23.3. The summed E-state index contributed by atoms with van der Waals surface area (Å²) in [6, 6.07) is 0. The van der Waals surface area contributed by atoms with E-state index in [1.54, 1.807) is 6.08 Å². The minimum atomic E-state index is -0.981. The van der Waals surface area contributed by atoms with E-state index in [4.69, 9.17) is 5.11 Å². The van der Waals surface area contributed by atoms with Crippen LogP contribution in [0.15, 0.2) is 11.6 Å². The Bertz CT molecular complexity index is 285. The molecule has 1 N–H and O–H groups in total. The van der Waals surface area contributed by atoms with E-state index in [1.807, 2.05) is 6.92 Å². The van der Waals surface area contributed by atoms with Crippen LogP contribution in [0.4, 0.5) is 4.79 Å². The molecule has 1 amide bonds. The van der Waals surface area contributed by atoms with Gasteiger partial charge in [-0.3, -0.25) is 0 Å². The first-order valence-electron chi connectivity index (χ1n) is 4.31. The highest BCUT2D eigenvalue weighted by Gasteiger charge is 2.25. The number of carbonyl (C=O) groups excluding carboxylic acids is 1. The van der Waals surface area contributed by atoms with E-state index in [0.29, 0.717) is 6.54 Å². The van der Waals surface area contributed by atoms with Crippen molar-refractivity contribution in [3.05, 3.63) is 11.6 Å². The SMILES string of the molecule is COC(=O)N1CC(C(=O)O)=CC(C)C1. The van der Waals surface area contributed by atoms with Crippen molar-refractivity contribution in [1.82, 2.24) is 4.90 Å².